The second-order valence-electron chi connectivity index (χ2n) is 4.72. The molecular formula is C13H15N3O4. The monoisotopic (exact) mass is 277 g/mol. The number of hydrogen-bond acceptors (Lipinski definition) is 3. The van der Waals surface area contributed by atoms with Gasteiger partial charge in [-0.25, -0.2) is 9.59 Å². The molecular weight excluding hydrogens is 262 g/mol. The number of hydrogen-bond donors (Lipinski definition) is 2. The smallest absolute Gasteiger partial charge is 0.407 e. The van der Waals surface area contributed by atoms with Crippen LogP contribution in [0.1, 0.15) is 35.1 Å². The third kappa shape index (κ3) is 2.32. The van der Waals surface area contributed by atoms with Crippen LogP contribution >= 0.6 is 0 Å². The van der Waals surface area contributed by atoms with E-state index in [1.54, 1.807) is 6.92 Å². The molecule has 1 amide bonds. The van der Waals surface area contributed by atoms with Crippen LogP contribution in [0, 0.1) is 12.3 Å². The van der Waals surface area contributed by atoms with Gasteiger partial charge in [-0.05, 0) is 6.92 Å². The highest BCUT2D eigenvalue weighted by molar-refractivity contribution is 5.88. The van der Waals surface area contributed by atoms with Gasteiger partial charge in [0.05, 0.1) is 18.8 Å². The summed E-state index contributed by atoms with van der Waals surface area (Å²) in [7, 11) is 0. The molecule has 2 rings (SSSR count). The van der Waals surface area contributed by atoms with Gasteiger partial charge in [-0.3, -0.25) is 4.68 Å². The van der Waals surface area contributed by atoms with E-state index in [9.17, 15) is 14.7 Å². The summed E-state index contributed by atoms with van der Waals surface area (Å²) in [5, 5.41) is 22.7. The fraction of sp³-hybridized carbons (Fsp3) is 0.462. The molecule has 106 valence electrons. The SMILES string of the molecule is C#CCCn1nc2c(c1C(=O)O)CN(C(=O)O)[C@H](C)C2. The van der Waals surface area contributed by atoms with Gasteiger partial charge in [0, 0.05) is 24.4 Å². The number of carboxylic acid groups (broad SMARTS) is 2. The third-order valence-corrected chi connectivity index (χ3v) is 3.40. The van der Waals surface area contributed by atoms with Gasteiger partial charge in [-0.15, -0.1) is 12.3 Å². The maximum absolute atomic E-state index is 11.4. The Balaban J connectivity index is 2.43. The molecule has 0 fully saturated rings. The number of carboxylic acids is 1. The van der Waals surface area contributed by atoms with Crippen molar-refractivity contribution in [2.45, 2.75) is 38.9 Å². The van der Waals surface area contributed by atoms with Crippen molar-refractivity contribution < 1.29 is 19.8 Å². The number of rotatable bonds is 3. The van der Waals surface area contributed by atoms with E-state index < -0.39 is 12.1 Å². The Morgan fingerprint density at radius 1 is 1.50 bits per heavy atom. The first kappa shape index (κ1) is 13.9. The molecule has 1 aromatic rings. The summed E-state index contributed by atoms with van der Waals surface area (Å²) in [4.78, 5) is 23.8. The molecule has 1 aliphatic rings. The molecule has 0 spiro atoms. The minimum absolute atomic E-state index is 0.0356. The second kappa shape index (κ2) is 5.25. The fourth-order valence-electron chi connectivity index (χ4n) is 2.42. The van der Waals surface area contributed by atoms with Crippen molar-refractivity contribution in [3.8, 4) is 12.3 Å². The van der Waals surface area contributed by atoms with E-state index in [1.165, 1.54) is 9.58 Å². The van der Waals surface area contributed by atoms with E-state index in [0.717, 1.165) is 0 Å². The molecule has 20 heavy (non-hydrogen) atoms. The molecule has 0 aliphatic carbocycles. The maximum atomic E-state index is 11.4. The lowest BCUT2D eigenvalue weighted by molar-refractivity contribution is 0.0677. The average molecular weight is 277 g/mol. The molecule has 0 aromatic carbocycles. The van der Waals surface area contributed by atoms with E-state index >= 15 is 0 Å². The topological polar surface area (TPSA) is 95.7 Å². The third-order valence-electron chi connectivity index (χ3n) is 3.40. The standard InChI is InChI=1S/C13H15N3O4/c1-3-4-5-16-11(12(17)18)9-7-15(13(19)20)8(2)6-10(9)14-16/h1,8H,4-7H2,2H3,(H,17,18)(H,19,20)/t8-/m1/s1. The minimum Gasteiger partial charge on any atom is -0.477 e. The van der Waals surface area contributed by atoms with Crippen molar-refractivity contribution in [1.29, 1.82) is 0 Å². The molecule has 2 heterocycles. The highest BCUT2D eigenvalue weighted by Gasteiger charge is 2.33. The van der Waals surface area contributed by atoms with Crippen LogP contribution in [0.2, 0.25) is 0 Å². The summed E-state index contributed by atoms with van der Waals surface area (Å²) in [6.07, 6.45) is 4.91. The Kier molecular flexibility index (Phi) is 3.66. The molecule has 1 aromatic heterocycles. The van der Waals surface area contributed by atoms with Gasteiger partial charge in [0.2, 0.25) is 0 Å². The van der Waals surface area contributed by atoms with E-state index in [4.69, 9.17) is 11.5 Å². The summed E-state index contributed by atoms with van der Waals surface area (Å²) in [5.41, 5.74) is 1.15. The minimum atomic E-state index is -1.12. The van der Waals surface area contributed by atoms with E-state index in [1.807, 2.05) is 0 Å². The van der Waals surface area contributed by atoms with Crippen LogP contribution in [0.25, 0.3) is 0 Å². The molecule has 0 unspecified atom stereocenters. The number of terminal acetylenes is 1. The van der Waals surface area contributed by atoms with Crippen molar-refractivity contribution in [2.75, 3.05) is 0 Å². The predicted octanol–water partition coefficient (Wildman–Crippen LogP) is 1.03. The van der Waals surface area contributed by atoms with Gasteiger partial charge < -0.3 is 15.1 Å². The van der Waals surface area contributed by atoms with Crippen molar-refractivity contribution >= 4 is 12.1 Å². The molecule has 0 saturated heterocycles. The molecule has 0 saturated carbocycles. The largest absolute Gasteiger partial charge is 0.477 e. The number of fused-ring (bicyclic) bond motifs is 1. The van der Waals surface area contributed by atoms with Gasteiger partial charge in [0.15, 0.2) is 5.69 Å². The van der Waals surface area contributed by atoms with Crippen LogP contribution in [0.3, 0.4) is 0 Å². The summed E-state index contributed by atoms with van der Waals surface area (Å²) >= 11 is 0. The lowest BCUT2D eigenvalue weighted by Crippen LogP contribution is -2.42. The zero-order valence-corrected chi connectivity index (χ0v) is 11.0. The number of aromatic nitrogens is 2. The van der Waals surface area contributed by atoms with Gasteiger partial charge >= 0.3 is 12.1 Å². The molecule has 7 heteroatoms. The van der Waals surface area contributed by atoms with Crippen LogP contribution in [0.5, 0.6) is 0 Å². The molecule has 0 bridgehead atoms. The first-order valence-corrected chi connectivity index (χ1v) is 6.20. The van der Waals surface area contributed by atoms with Crippen molar-refractivity contribution in [2.24, 2.45) is 0 Å². The Hall–Kier alpha value is -2.49. The van der Waals surface area contributed by atoms with Crippen LogP contribution in [0.4, 0.5) is 4.79 Å². The highest BCUT2D eigenvalue weighted by atomic mass is 16.4. The van der Waals surface area contributed by atoms with Gasteiger partial charge in [0.1, 0.15) is 0 Å². The summed E-state index contributed by atoms with van der Waals surface area (Å²) in [6, 6.07) is -0.224. The van der Waals surface area contributed by atoms with Crippen molar-refractivity contribution in [3.05, 3.63) is 17.0 Å². The predicted molar refractivity (Wildman–Crippen MR) is 69.4 cm³/mol. The number of amides is 1. The molecule has 1 atom stereocenters. The van der Waals surface area contributed by atoms with Crippen LogP contribution in [-0.2, 0) is 19.5 Å². The zero-order chi connectivity index (χ0) is 14.9. The van der Waals surface area contributed by atoms with Crippen molar-refractivity contribution in [1.82, 2.24) is 14.7 Å². The first-order chi connectivity index (χ1) is 9.45. The van der Waals surface area contributed by atoms with Crippen LogP contribution in [0.15, 0.2) is 0 Å². The second-order valence-corrected chi connectivity index (χ2v) is 4.72. The van der Waals surface area contributed by atoms with Crippen LogP contribution in [-0.4, -0.2) is 43.0 Å². The Bertz CT molecular complexity index is 599. The van der Waals surface area contributed by atoms with E-state index in [0.29, 0.717) is 30.6 Å². The highest BCUT2D eigenvalue weighted by Crippen LogP contribution is 2.26. The van der Waals surface area contributed by atoms with Crippen molar-refractivity contribution in [3.63, 3.8) is 0 Å². The average Bonchev–Trinajstić information content (AvgIpc) is 2.72. The summed E-state index contributed by atoms with van der Waals surface area (Å²) in [6.45, 7) is 2.13. The molecule has 0 radical (unpaired) electrons. The normalized spacial score (nSPS) is 17.4. The Labute approximate surface area is 115 Å². The maximum Gasteiger partial charge on any atom is 0.407 e. The van der Waals surface area contributed by atoms with Gasteiger partial charge in [-0.1, -0.05) is 0 Å². The quantitative estimate of drug-likeness (QED) is 0.804. The van der Waals surface area contributed by atoms with Gasteiger partial charge in [0.25, 0.3) is 0 Å². The zero-order valence-electron chi connectivity index (χ0n) is 11.0. The Morgan fingerprint density at radius 2 is 2.20 bits per heavy atom. The van der Waals surface area contributed by atoms with E-state index in [2.05, 4.69) is 11.0 Å². The number of nitrogens with zero attached hydrogens (tertiary/aromatic N) is 3. The van der Waals surface area contributed by atoms with Gasteiger partial charge in [-0.2, -0.15) is 5.10 Å². The number of carbonyl (C=O) groups is 2. The summed E-state index contributed by atoms with van der Waals surface area (Å²) < 4.78 is 1.37. The summed E-state index contributed by atoms with van der Waals surface area (Å²) in [5.74, 6) is 1.33. The fourth-order valence-corrected chi connectivity index (χ4v) is 2.42. The lowest BCUT2D eigenvalue weighted by Gasteiger charge is -2.30. The molecule has 2 N–H and O–H groups in total. The van der Waals surface area contributed by atoms with E-state index in [-0.39, 0.29) is 18.3 Å². The lowest BCUT2D eigenvalue weighted by atomic mass is 10.00. The molecule has 7 nitrogen and oxygen atoms in total. The van der Waals surface area contributed by atoms with Crippen LogP contribution < -0.4 is 0 Å². The first-order valence-electron chi connectivity index (χ1n) is 6.20. The number of aromatic carboxylic acids is 1. The Morgan fingerprint density at radius 3 is 2.75 bits per heavy atom. The number of aryl methyl sites for hydroxylation is 1. The molecule has 1 aliphatic heterocycles.